The van der Waals surface area contributed by atoms with Crippen LogP contribution in [0.1, 0.15) is 11.3 Å². The van der Waals surface area contributed by atoms with Crippen molar-refractivity contribution in [3.8, 4) is 0 Å². The topological polar surface area (TPSA) is 59.7 Å². The SMILES string of the molecule is Cc1c(NC(=S)Nc2nn(Cc3ccc(Cl)cc3Cl)cc2Cl)cnn1C. The predicted molar refractivity (Wildman–Crippen MR) is 111 cm³/mol. The van der Waals surface area contributed by atoms with Gasteiger partial charge in [0.2, 0.25) is 0 Å². The molecule has 3 aromatic rings. The molecule has 1 aromatic carbocycles. The van der Waals surface area contributed by atoms with Crippen molar-refractivity contribution < 1.29 is 0 Å². The third-order valence-corrected chi connectivity index (χ3v) is 4.85. The van der Waals surface area contributed by atoms with Crippen molar-refractivity contribution in [3.63, 3.8) is 0 Å². The maximum atomic E-state index is 6.25. The first kappa shape index (κ1) is 19.0. The molecular weight excluding hydrogens is 415 g/mol. The van der Waals surface area contributed by atoms with Crippen LogP contribution in [0.4, 0.5) is 11.5 Å². The van der Waals surface area contributed by atoms with Crippen LogP contribution in [-0.2, 0) is 13.6 Å². The van der Waals surface area contributed by atoms with E-state index in [0.717, 1.165) is 16.9 Å². The zero-order valence-corrected chi connectivity index (χ0v) is 17.0. The number of benzene rings is 1. The largest absolute Gasteiger partial charge is 0.330 e. The van der Waals surface area contributed by atoms with Gasteiger partial charge in [0.25, 0.3) is 0 Å². The number of halogens is 3. The Bertz CT molecular complexity index is 965. The average molecular weight is 430 g/mol. The van der Waals surface area contributed by atoms with E-state index < -0.39 is 0 Å². The highest BCUT2D eigenvalue weighted by Gasteiger charge is 2.12. The Morgan fingerprint density at radius 1 is 1.19 bits per heavy atom. The number of aryl methyl sites for hydroxylation is 1. The minimum absolute atomic E-state index is 0.373. The molecule has 10 heteroatoms. The molecule has 0 bridgehead atoms. The Labute approximate surface area is 171 Å². The number of aromatic nitrogens is 4. The Kier molecular flexibility index (Phi) is 5.72. The van der Waals surface area contributed by atoms with Crippen LogP contribution in [0.3, 0.4) is 0 Å². The number of nitrogens with zero attached hydrogens (tertiary/aromatic N) is 4. The lowest BCUT2D eigenvalue weighted by atomic mass is 10.2. The first-order valence-electron chi connectivity index (χ1n) is 7.57. The monoisotopic (exact) mass is 428 g/mol. The molecule has 26 heavy (non-hydrogen) atoms. The minimum atomic E-state index is 0.373. The van der Waals surface area contributed by atoms with Crippen LogP contribution < -0.4 is 10.6 Å². The van der Waals surface area contributed by atoms with Crippen molar-refractivity contribution in [1.82, 2.24) is 19.6 Å². The molecule has 3 rings (SSSR count). The summed E-state index contributed by atoms with van der Waals surface area (Å²) in [6.45, 7) is 2.40. The molecule has 0 aliphatic heterocycles. The Hall–Kier alpha value is -1.80. The lowest BCUT2D eigenvalue weighted by Crippen LogP contribution is -2.20. The van der Waals surface area contributed by atoms with Crippen molar-refractivity contribution in [1.29, 1.82) is 0 Å². The maximum Gasteiger partial charge on any atom is 0.176 e. The summed E-state index contributed by atoms with van der Waals surface area (Å²) < 4.78 is 3.43. The van der Waals surface area contributed by atoms with E-state index in [9.17, 15) is 0 Å². The highest BCUT2D eigenvalue weighted by atomic mass is 35.5. The molecular formula is C16H15Cl3N6S. The van der Waals surface area contributed by atoms with Gasteiger partial charge in [0.1, 0.15) is 5.02 Å². The highest BCUT2D eigenvalue weighted by Crippen LogP contribution is 2.24. The molecule has 0 atom stereocenters. The van der Waals surface area contributed by atoms with E-state index in [0.29, 0.717) is 32.5 Å². The third kappa shape index (κ3) is 4.29. The maximum absolute atomic E-state index is 6.25. The normalized spacial score (nSPS) is 10.8. The van der Waals surface area contributed by atoms with Crippen molar-refractivity contribution in [2.45, 2.75) is 13.5 Å². The van der Waals surface area contributed by atoms with Gasteiger partial charge in [-0.15, -0.1) is 0 Å². The van der Waals surface area contributed by atoms with Gasteiger partial charge < -0.3 is 10.6 Å². The van der Waals surface area contributed by atoms with Gasteiger partial charge in [0.15, 0.2) is 10.9 Å². The molecule has 0 radical (unpaired) electrons. The van der Waals surface area contributed by atoms with Gasteiger partial charge in [-0.05, 0) is 36.8 Å². The molecule has 2 aromatic heterocycles. The molecule has 0 amide bonds. The second-order valence-corrected chi connectivity index (χ2v) is 7.26. The fraction of sp³-hybridized carbons (Fsp3) is 0.188. The summed E-state index contributed by atoms with van der Waals surface area (Å²) in [6, 6.07) is 5.32. The molecule has 0 aliphatic rings. The van der Waals surface area contributed by atoms with Crippen LogP contribution in [0.25, 0.3) is 0 Å². The molecule has 2 heterocycles. The summed E-state index contributed by atoms with van der Waals surface area (Å²) in [7, 11) is 1.86. The quantitative estimate of drug-likeness (QED) is 0.587. The van der Waals surface area contributed by atoms with Crippen LogP contribution in [0.2, 0.25) is 15.1 Å². The van der Waals surface area contributed by atoms with Gasteiger partial charge >= 0.3 is 0 Å². The van der Waals surface area contributed by atoms with E-state index in [1.165, 1.54) is 0 Å². The van der Waals surface area contributed by atoms with Crippen molar-refractivity contribution >= 4 is 63.6 Å². The summed E-state index contributed by atoms with van der Waals surface area (Å²) in [5.41, 5.74) is 2.66. The summed E-state index contributed by atoms with van der Waals surface area (Å²) in [5.74, 6) is 0.454. The van der Waals surface area contributed by atoms with Crippen LogP contribution in [-0.4, -0.2) is 24.7 Å². The number of thiocarbonyl (C=S) groups is 1. The van der Waals surface area contributed by atoms with Crippen molar-refractivity contribution in [2.75, 3.05) is 10.6 Å². The number of nitrogens with one attached hydrogen (secondary N) is 2. The lowest BCUT2D eigenvalue weighted by molar-refractivity contribution is 0.690. The summed E-state index contributed by atoms with van der Waals surface area (Å²) in [6.07, 6.45) is 3.40. The van der Waals surface area contributed by atoms with Gasteiger partial charge in [-0.25, -0.2) is 0 Å². The summed E-state index contributed by atoms with van der Waals surface area (Å²) in [4.78, 5) is 0. The molecule has 0 unspecified atom stereocenters. The van der Waals surface area contributed by atoms with E-state index in [1.807, 2.05) is 20.0 Å². The average Bonchev–Trinajstić information content (AvgIpc) is 3.07. The Morgan fingerprint density at radius 2 is 1.96 bits per heavy atom. The van der Waals surface area contributed by atoms with Gasteiger partial charge in [0, 0.05) is 23.3 Å². The van der Waals surface area contributed by atoms with Crippen LogP contribution >= 0.6 is 47.0 Å². The van der Waals surface area contributed by atoms with Crippen LogP contribution in [0, 0.1) is 6.92 Å². The zero-order chi connectivity index (χ0) is 18.8. The minimum Gasteiger partial charge on any atom is -0.330 e. The first-order chi connectivity index (χ1) is 12.3. The second kappa shape index (κ2) is 7.84. The van der Waals surface area contributed by atoms with E-state index in [-0.39, 0.29) is 0 Å². The Balaban J connectivity index is 1.69. The van der Waals surface area contributed by atoms with E-state index in [2.05, 4.69) is 20.8 Å². The second-order valence-electron chi connectivity index (χ2n) is 5.61. The van der Waals surface area contributed by atoms with E-state index in [1.54, 1.807) is 33.9 Å². The molecule has 6 nitrogen and oxygen atoms in total. The smallest absolute Gasteiger partial charge is 0.176 e. The summed E-state index contributed by atoms with van der Waals surface area (Å²) >= 11 is 23.7. The third-order valence-electron chi connectivity index (χ3n) is 3.78. The molecule has 0 saturated heterocycles. The number of hydrogen-bond acceptors (Lipinski definition) is 3. The molecule has 0 fully saturated rings. The van der Waals surface area contributed by atoms with Gasteiger partial charge in [0.05, 0.1) is 24.1 Å². The lowest BCUT2D eigenvalue weighted by Gasteiger charge is -2.08. The van der Waals surface area contributed by atoms with E-state index >= 15 is 0 Å². The van der Waals surface area contributed by atoms with Gasteiger partial charge in [-0.2, -0.15) is 10.2 Å². The van der Waals surface area contributed by atoms with Gasteiger partial charge in [-0.1, -0.05) is 40.9 Å². The van der Waals surface area contributed by atoms with Crippen LogP contribution in [0.5, 0.6) is 0 Å². The van der Waals surface area contributed by atoms with Crippen LogP contribution in [0.15, 0.2) is 30.6 Å². The molecule has 0 aliphatic carbocycles. The summed E-state index contributed by atoms with van der Waals surface area (Å²) in [5, 5.41) is 16.6. The van der Waals surface area contributed by atoms with Crippen molar-refractivity contribution in [2.24, 2.45) is 7.05 Å². The standard InChI is InChI=1S/C16H15Cl3N6S/c1-9-14(6-20-24(9)2)21-16(26)22-15-13(19)8-25(23-15)7-10-3-4-11(17)5-12(10)18/h3-6,8H,7H2,1-2H3,(H2,21,22,23,26). The fourth-order valence-corrected chi connectivity index (χ4v) is 3.14. The molecule has 136 valence electrons. The van der Waals surface area contributed by atoms with Crippen molar-refractivity contribution in [3.05, 3.63) is 56.9 Å². The zero-order valence-electron chi connectivity index (χ0n) is 13.9. The molecule has 2 N–H and O–H groups in total. The Morgan fingerprint density at radius 3 is 2.62 bits per heavy atom. The van der Waals surface area contributed by atoms with Gasteiger partial charge in [-0.3, -0.25) is 9.36 Å². The molecule has 0 spiro atoms. The highest BCUT2D eigenvalue weighted by molar-refractivity contribution is 7.80. The number of rotatable bonds is 4. The number of hydrogen-bond donors (Lipinski definition) is 2. The first-order valence-corrected chi connectivity index (χ1v) is 9.11. The number of anilines is 2. The molecule has 0 saturated carbocycles. The predicted octanol–water partition coefficient (Wildman–Crippen LogP) is 4.74. The van der Waals surface area contributed by atoms with E-state index in [4.69, 9.17) is 47.0 Å². The fourth-order valence-electron chi connectivity index (χ4n) is 2.27.